The molecule has 0 saturated carbocycles. The molecule has 0 heterocycles. The zero-order valence-corrected chi connectivity index (χ0v) is 13.7. The summed E-state index contributed by atoms with van der Waals surface area (Å²) in [5.41, 5.74) is -0.778. The minimum atomic E-state index is -4.60. The Morgan fingerprint density at radius 2 is 1.83 bits per heavy atom. The minimum absolute atomic E-state index is 0.00363. The van der Waals surface area contributed by atoms with Crippen LogP contribution in [-0.4, -0.2) is 12.0 Å². The van der Waals surface area contributed by atoms with Crippen LogP contribution < -0.4 is 10.1 Å². The molecular formula is C17H15ClF3NO2. The molecule has 0 radical (unpaired) electrons. The van der Waals surface area contributed by atoms with E-state index in [0.29, 0.717) is 5.75 Å². The van der Waals surface area contributed by atoms with E-state index in [1.807, 2.05) is 13.8 Å². The molecule has 2 rings (SSSR count). The van der Waals surface area contributed by atoms with Gasteiger partial charge in [0.15, 0.2) is 0 Å². The van der Waals surface area contributed by atoms with E-state index in [2.05, 4.69) is 5.32 Å². The predicted octanol–water partition coefficient (Wildman–Crippen LogP) is 5.40. The van der Waals surface area contributed by atoms with Crippen LogP contribution in [0.4, 0.5) is 18.9 Å². The number of hydrogen-bond acceptors (Lipinski definition) is 2. The quantitative estimate of drug-likeness (QED) is 0.795. The Kier molecular flexibility index (Phi) is 5.39. The van der Waals surface area contributed by atoms with Crippen LogP contribution in [0.1, 0.15) is 29.8 Å². The van der Waals surface area contributed by atoms with Gasteiger partial charge in [-0.3, -0.25) is 4.79 Å². The van der Waals surface area contributed by atoms with Gasteiger partial charge in [-0.25, -0.2) is 0 Å². The lowest BCUT2D eigenvalue weighted by Gasteiger charge is -2.15. The Balaban J connectivity index is 2.28. The first-order valence-electron chi connectivity index (χ1n) is 7.12. The van der Waals surface area contributed by atoms with Crippen molar-refractivity contribution in [1.82, 2.24) is 0 Å². The molecule has 2 aromatic rings. The first-order valence-corrected chi connectivity index (χ1v) is 7.50. The molecule has 0 saturated heterocycles. The summed E-state index contributed by atoms with van der Waals surface area (Å²) in [5.74, 6) is -0.211. The van der Waals surface area contributed by atoms with E-state index < -0.39 is 22.7 Å². The molecule has 1 N–H and O–H groups in total. The normalized spacial score (nSPS) is 11.5. The van der Waals surface area contributed by atoms with E-state index in [1.165, 1.54) is 12.1 Å². The lowest BCUT2D eigenvalue weighted by atomic mass is 10.1. The molecule has 0 aliphatic heterocycles. The zero-order chi connectivity index (χ0) is 17.9. The highest BCUT2D eigenvalue weighted by molar-refractivity contribution is 6.31. The number of carbonyl (C=O) groups is 1. The molecule has 0 unspecified atom stereocenters. The topological polar surface area (TPSA) is 38.3 Å². The third-order valence-corrected chi connectivity index (χ3v) is 3.35. The standard InChI is InChI=1S/C17H15ClF3NO2/c1-10(2)24-15-6-4-3-5-12(15)16(23)22-11-7-8-14(18)13(9-11)17(19,20)21/h3-10H,1-2H3,(H,22,23). The first-order chi connectivity index (χ1) is 11.2. The van der Waals surface area contributed by atoms with E-state index in [-0.39, 0.29) is 17.4 Å². The van der Waals surface area contributed by atoms with Gasteiger partial charge in [0, 0.05) is 5.69 Å². The second-order valence-corrected chi connectivity index (χ2v) is 5.72. The molecule has 0 spiro atoms. The van der Waals surface area contributed by atoms with Crippen molar-refractivity contribution in [2.75, 3.05) is 5.32 Å². The summed E-state index contributed by atoms with van der Waals surface area (Å²) in [6.45, 7) is 3.62. The second-order valence-electron chi connectivity index (χ2n) is 5.31. The molecule has 0 fully saturated rings. The van der Waals surface area contributed by atoms with Crippen molar-refractivity contribution in [3.63, 3.8) is 0 Å². The van der Waals surface area contributed by atoms with E-state index in [1.54, 1.807) is 18.2 Å². The number of amides is 1. The SMILES string of the molecule is CC(C)Oc1ccccc1C(=O)Nc1ccc(Cl)c(C(F)(F)F)c1. The van der Waals surface area contributed by atoms with Gasteiger partial charge in [0.2, 0.25) is 0 Å². The van der Waals surface area contributed by atoms with Crippen molar-refractivity contribution in [3.8, 4) is 5.75 Å². The van der Waals surface area contributed by atoms with Crippen LogP contribution in [0.3, 0.4) is 0 Å². The number of para-hydroxylation sites is 1. The number of carbonyl (C=O) groups excluding carboxylic acids is 1. The minimum Gasteiger partial charge on any atom is -0.490 e. The number of rotatable bonds is 4. The van der Waals surface area contributed by atoms with Crippen LogP contribution in [0.25, 0.3) is 0 Å². The fourth-order valence-electron chi connectivity index (χ4n) is 2.03. The van der Waals surface area contributed by atoms with Gasteiger partial charge in [-0.15, -0.1) is 0 Å². The summed E-state index contributed by atoms with van der Waals surface area (Å²) in [5, 5.41) is 2.01. The molecule has 7 heteroatoms. The number of hydrogen-bond donors (Lipinski definition) is 1. The lowest BCUT2D eigenvalue weighted by molar-refractivity contribution is -0.137. The molecular weight excluding hydrogens is 343 g/mol. The molecule has 24 heavy (non-hydrogen) atoms. The number of ether oxygens (including phenoxy) is 1. The summed E-state index contributed by atoms with van der Waals surface area (Å²) in [6.07, 6.45) is -4.75. The van der Waals surface area contributed by atoms with E-state index in [9.17, 15) is 18.0 Å². The third-order valence-electron chi connectivity index (χ3n) is 3.02. The van der Waals surface area contributed by atoms with Gasteiger partial charge in [0.25, 0.3) is 5.91 Å². The van der Waals surface area contributed by atoms with Gasteiger partial charge in [0.05, 0.1) is 22.3 Å². The summed E-state index contributed by atoms with van der Waals surface area (Å²) in [6, 6.07) is 9.71. The Morgan fingerprint density at radius 1 is 1.17 bits per heavy atom. The Morgan fingerprint density at radius 3 is 2.46 bits per heavy atom. The lowest BCUT2D eigenvalue weighted by Crippen LogP contribution is -2.16. The number of anilines is 1. The van der Waals surface area contributed by atoms with Crippen molar-refractivity contribution in [2.45, 2.75) is 26.1 Å². The number of alkyl halides is 3. The maximum atomic E-state index is 12.9. The zero-order valence-electron chi connectivity index (χ0n) is 12.9. The van der Waals surface area contributed by atoms with E-state index >= 15 is 0 Å². The fourth-order valence-corrected chi connectivity index (χ4v) is 2.25. The number of benzene rings is 2. The monoisotopic (exact) mass is 357 g/mol. The fraction of sp³-hybridized carbons (Fsp3) is 0.235. The Bertz CT molecular complexity index is 745. The molecule has 2 aromatic carbocycles. The largest absolute Gasteiger partial charge is 0.490 e. The second kappa shape index (κ2) is 7.13. The highest BCUT2D eigenvalue weighted by Crippen LogP contribution is 2.36. The molecule has 0 aliphatic carbocycles. The van der Waals surface area contributed by atoms with Crippen molar-refractivity contribution in [2.24, 2.45) is 0 Å². The van der Waals surface area contributed by atoms with Gasteiger partial charge in [0.1, 0.15) is 5.75 Å². The molecule has 1 amide bonds. The molecule has 0 bridgehead atoms. The highest BCUT2D eigenvalue weighted by atomic mass is 35.5. The van der Waals surface area contributed by atoms with Crippen molar-refractivity contribution in [3.05, 3.63) is 58.6 Å². The van der Waals surface area contributed by atoms with E-state index in [4.69, 9.17) is 16.3 Å². The van der Waals surface area contributed by atoms with Crippen LogP contribution in [0.5, 0.6) is 5.75 Å². The van der Waals surface area contributed by atoms with Crippen LogP contribution >= 0.6 is 11.6 Å². The smallest absolute Gasteiger partial charge is 0.417 e. The van der Waals surface area contributed by atoms with Gasteiger partial charge >= 0.3 is 6.18 Å². The van der Waals surface area contributed by atoms with Gasteiger partial charge < -0.3 is 10.1 Å². The van der Waals surface area contributed by atoms with Crippen LogP contribution in [0.15, 0.2) is 42.5 Å². The molecule has 0 aliphatic rings. The van der Waals surface area contributed by atoms with E-state index in [0.717, 1.165) is 12.1 Å². The average Bonchev–Trinajstić information content (AvgIpc) is 2.48. The predicted molar refractivity (Wildman–Crippen MR) is 86.6 cm³/mol. The first kappa shape index (κ1) is 18.1. The van der Waals surface area contributed by atoms with Gasteiger partial charge in [-0.2, -0.15) is 13.2 Å². The molecule has 0 atom stereocenters. The summed E-state index contributed by atoms with van der Waals surface area (Å²) in [4.78, 5) is 12.4. The number of nitrogens with one attached hydrogen (secondary N) is 1. The highest BCUT2D eigenvalue weighted by Gasteiger charge is 2.33. The maximum Gasteiger partial charge on any atom is 0.417 e. The van der Waals surface area contributed by atoms with Crippen LogP contribution in [-0.2, 0) is 6.18 Å². The summed E-state index contributed by atoms with van der Waals surface area (Å²) < 4.78 is 44.2. The van der Waals surface area contributed by atoms with Gasteiger partial charge in [-0.1, -0.05) is 23.7 Å². The van der Waals surface area contributed by atoms with Gasteiger partial charge in [-0.05, 0) is 44.2 Å². The Labute approximate surface area is 142 Å². The van der Waals surface area contributed by atoms with Crippen molar-refractivity contribution >= 4 is 23.2 Å². The van der Waals surface area contributed by atoms with Crippen molar-refractivity contribution < 1.29 is 22.7 Å². The average molecular weight is 358 g/mol. The molecule has 0 aromatic heterocycles. The van der Waals surface area contributed by atoms with Crippen LogP contribution in [0.2, 0.25) is 5.02 Å². The summed E-state index contributed by atoms with van der Waals surface area (Å²) in [7, 11) is 0. The summed E-state index contributed by atoms with van der Waals surface area (Å²) >= 11 is 5.56. The Hall–Kier alpha value is -2.21. The van der Waals surface area contributed by atoms with Crippen molar-refractivity contribution in [1.29, 1.82) is 0 Å². The maximum absolute atomic E-state index is 12.9. The number of halogens is 4. The third kappa shape index (κ3) is 4.41. The van der Waals surface area contributed by atoms with Crippen LogP contribution in [0, 0.1) is 0 Å². The molecule has 3 nitrogen and oxygen atoms in total. The molecule has 128 valence electrons.